The van der Waals surface area contributed by atoms with Crippen molar-refractivity contribution in [2.75, 3.05) is 0 Å². The van der Waals surface area contributed by atoms with Crippen LogP contribution in [0.3, 0.4) is 0 Å². The Morgan fingerprint density at radius 1 is 1.38 bits per heavy atom. The Kier molecular flexibility index (Phi) is 4.63. The van der Waals surface area contributed by atoms with Crippen LogP contribution in [0, 0.1) is 18.7 Å². The predicted molar refractivity (Wildman–Crippen MR) is 74.8 cm³/mol. The number of nitrogens with one attached hydrogen (secondary N) is 1. The van der Waals surface area contributed by atoms with Crippen LogP contribution in [0.5, 0.6) is 0 Å². The van der Waals surface area contributed by atoms with Crippen molar-refractivity contribution in [3.8, 4) is 0 Å². The van der Waals surface area contributed by atoms with E-state index in [2.05, 4.69) is 4.72 Å². The molecule has 0 radical (unpaired) electrons. The van der Waals surface area contributed by atoms with Crippen LogP contribution in [-0.4, -0.2) is 25.5 Å². The number of sulfonamides is 1. The summed E-state index contributed by atoms with van der Waals surface area (Å²) in [5, 5.41) is 9.03. The van der Waals surface area contributed by atoms with E-state index in [0.717, 1.165) is 6.07 Å². The van der Waals surface area contributed by atoms with Crippen molar-refractivity contribution in [3.63, 3.8) is 0 Å². The molecule has 7 heteroatoms. The number of benzene rings is 1. The van der Waals surface area contributed by atoms with Crippen LogP contribution >= 0.6 is 0 Å². The highest BCUT2D eigenvalue weighted by molar-refractivity contribution is 7.89. The number of aliphatic carboxylic acids is 1. The zero-order chi connectivity index (χ0) is 15.6. The molecule has 1 aromatic rings. The molecule has 1 aromatic carbocycles. The van der Waals surface area contributed by atoms with Gasteiger partial charge >= 0.3 is 5.97 Å². The van der Waals surface area contributed by atoms with Crippen molar-refractivity contribution >= 4 is 16.0 Å². The Labute approximate surface area is 123 Å². The average Bonchev–Trinajstić information content (AvgIpc) is 2.41. The van der Waals surface area contributed by atoms with E-state index < -0.39 is 33.8 Å². The SMILES string of the molecule is Cc1ccc(F)cc1S(=O)(=O)NC1CCCC(C(=O)O)C1. The Morgan fingerprint density at radius 3 is 2.76 bits per heavy atom. The summed E-state index contributed by atoms with van der Waals surface area (Å²) in [5.74, 6) is -2.05. The zero-order valence-corrected chi connectivity index (χ0v) is 12.5. The Balaban J connectivity index is 2.17. The lowest BCUT2D eigenvalue weighted by Gasteiger charge is -2.27. The first-order valence-corrected chi connectivity index (χ1v) is 8.29. The second-order valence-corrected chi connectivity index (χ2v) is 7.11. The van der Waals surface area contributed by atoms with E-state index in [-0.39, 0.29) is 11.3 Å². The van der Waals surface area contributed by atoms with Crippen molar-refractivity contribution in [1.29, 1.82) is 0 Å². The van der Waals surface area contributed by atoms with Gasteiger partial charge in [0.05, 0.1) is 10.8 Å². The topological polar surface area (TPSA) is 83.5 Å². The van der Waals surface area contributed by atoms with Gasteiger partial charge in [-0.2, -0.15) is 0 Å². The number of hydrogen-bond donors (Lipinski definition) is 2. The molecule has 0 amide bonds. The first-order valence-electron chi connectivity index (χ1n) is 6.81. The summed E-state index contributed by atoms with van der Waals surface area (Å²) < 4.78 is 40.4. The van der Waals surface area contributed by atoms with Gasteiger partial charge in [0.2, 0.25) is 10.0 Å². The van der Waals surface area contributed by atoms with Crippen molar-refractivity contribution in [2.24, 2.45) is 5.92 Å². The molecule has 21 heavy (non-hydrogen) atoms. The van der Waals surface area contributed by atoms with Gasteiger partial charge in [-0.1, -0.05) is 12.5 Å². The maximum Gasteiger partial charge on any atom is 0.306 e. The molecule has 116 valence electrons. The lowest BCUT2D eigenvalue weighted by atomic mass is 9.86. The monoisotopic (exact) mass is 315 g/mol. The van der Waals surface area contributed by atoms with Crippen LogP contribution in [0.25, 0.3) is 0 Å². The Bertz CT molecular complexity index is 644. The summed E-state index contributed by atoms with van der Waals surface area (Å²) in [7, 11) is -3.85. The van der Waals surface area contributed by atoms with Crippen LogP contribution in [0.1, 0.15) is 31.2 Å². The molecule has 2 N–H and O–H groups in total. The standard InChI is InChI=1S/C14H18FNO4S/c1-9-5-6-11(15)8-13(9)21(19,20)16-12-4-2-3-10(7-12)14(17)18/h5-6,8,10,12,16H,2-4,7H2,1H3,(H,17,18). The first kappa shape index (κ1) is 15.9. The average molecular weight is 315 g/mol. The summed E-state index contributed by atoms with van der Waals surface area (Å²) in [6, 6.07) is 3.17. The number of rotatable bonds is 4. The van der Waals surface area contributed by atoms with Crippen LogP contribution in [0.4, 0.5) is 4.39 Å². The molecular weight excluding hydrogens is 297 g/mol. The normalized spacial score (nSPS) is 23.0. The van der Waals surface area contributed by atoms with E-state index in [1.807, 2.05) is 0 Å². The predicted octanol–water partition coefficient (Wildman–Crippen LogP) is 2.06. The molecule has 0 saturated heterocycles. The molecule has 1 aliphatic rings. The van der Waals surface area contributed by atoms with Crippen molar-refractivity contribution < 1.29 is 22.7 Å². The molecule has 1 saturated carbocycles. The molecule has 0 spiro atoms. The Hall–Kier alpha value is -1.47. The molecular formula is C14H18FNO4S. The highest BCUT2D eigenvalue weighted by atomic mass is 32.2. The molecule has 0 heterocycles. The third-order valence-electron chi connectivity index (χ3n) is 3.78. The molecule has 1 aliphatic carbocycles. The first-order chi connectivity index (χ1) is 9.79. The fraction of sp³-hybridized carbons (Fsp3) is 0.500. The summed E-state index contributed by atoms with van der Waals surface area (Å²) in [6.45, 7) is 1.59. The van der Waals surface area contributed by atoms with E-state index in [0.29, 0.717) is 24.8 Å². The van der Waals surface area contributed by atoms with Crippen molar-refractivity contribution in [1.82, 2.24) is 4.72 Å². The third kappa shape index (κ3) is 3.79. The summed E-state index contributed by atoms with van der Waals surface area (Å²) >= 11 is 0. The van der Waals surface area contributed by atoms with Gasteiger partial charge < -0.3 is 5.11 Å². The summed E-state index contributed by atoms with van der Waals surface area (Å²) in [4.78, 5) is 10.9. The molecule has 1 fully saturated rings. The maximum absolute atomic E-state index is 13.3. The van der Waals surface area contributed by atoms with E-state index in [9.17, 15) is 17.6 Å². The second kappa shape index (κ2) is 6.11. The molecule has 2 atom stereocenters. The summed E-state index contributed by atoms with van der Waals surface area (Å²) in [5.41, 5.74) is 0.453. The van der Waals surface area contributed by atoms with E-state index >= 15 is 0 Å². The Morgan fingerprint density at radius 2 is 2.10 bits per heavy atom. The molecule has 5 nitrogen and oxygen atoms in total. The highest BCUT2D eigenvalue weighted by Crippen LogP contribution is 2.26. The highest BCUT2D eigenvalue weighted by Gasteiger charge is 2.30. The van der Waals surface area contributed by atoms with Crippen LogP contribution in [0.2, 0.25) is 0 Å². The van der Waals surface area contributed by atoms with E-state index in [4.69, 9.17) is 5.11 Å². The van der Waals surface area contributed by atoms with Gasteiger partial charge in [0.1, 0.15) is 5.82 Å². The number of carbonyl (C=O) groups is 1. The smallest absolute Gasteiger partial charge is 0.306 e. The number of carboxylic acid groups (broad SMARTS) is 1. The van der Waals surface area contributed by atoms with E-state index in [1.54, 1.807) is 6.92 Å². The fourth-order valence-electron chi connectivity index (χ4n) is 2.67. The zero-order valence-electron chi connectivity index (χ0n) is 11.7. The molecule has 2 unspecified atom stereocenters. The largest absolute Gasteiger partial charge is 0.481 e. The number of aryl methyl sites for hydroxylation is 1. The number of carboxylic acids is 1. The number of hydrogen-bond acceptors (Lipinski definition) is 3. The molecule has 2 rings (SSSR count). The number of halogens is 1. The molecule has 0 aliphatic heterocycles. The van der Waals surface area contributed by atoms with Crippen molar-refractivity contribution in [3.05, 3.63) is 29.6 Å². The van der Waals surface area contributed by atoms with Crippen molar-refractivity contribution in [2.45, 2.75) is 43.5 Å². The minimum atomic E-state index is -3.85. The second-order valence-electron chi connectivity index (χ2n) is 5.43. The minimum Gasteiger partial charge on any atom is -0.481 e. The third-order valence-corrected chi connectivity index (χ3v) is 5.45. The lowest BCUT2D eigenvalue weighted by molar-refractivity contribution is -0.143. The van der Waals surface area contributed by atoms with Gasteiger partial charge in [0, 0.05) is 6.04 Å². The van der Waals surface area contributed by atoms with Gasteiger partial charge in [-0.25, -0.2) is 17.5 Å². The van der Waals surface area contributed by atoms with Crippen LogP contribution in [0.15, 0.2) is 23.1 Å². The fourth-order valence-corrected chi connectivity index (χ4v) is 4.21. The van der Waals surface area contributed by atoms with Gasteiger partial charge in [-0.3, -0.25) is 4.79 Å². The summed E-state index contributed by atoms with van der Waals surface area (Å²) in [6.07, 6.45) is 2.08. The quantitative estimate of drug-likeness (QED) is 0.891. The lowest BCUT2D eigenvalue weighted by Crippen LogP contribution is -2.40. The maximum atomic E-state index is 13.3. The van der Waals surface area contributed by atoms with Gasteiger partial charge in [-0.15, -0.1) is 0 Å². The van der Waals surface area contributed by atoms with Gasteiger partial charge in [-0.05, 0) is 43.9 Å². The minimum absolute atomic E-state index is 0.0973. The van der Waals surface area contributed by atoms with E-state index in [1.165, 1.54) is 12.1 Å². The van der Waals surface area contributed by atoms with Gasteiger partial charge in [0.15, 0.2) is 0 Å². The molecule has 0 aromatic heterocycles. The molecule has 0 bridgehead atoms. The van der Waals surface area contributed by atoms with Crippen LogP contribution < -0.4 is 4.72 Å². The van der Waals surface area contributed by atoms with Gasteiger partial charge in [0.25, 0.3) is 0 Å². The van der Waals surface area contributed by atoms with Crippen LogP contribution in [-0.2, 0) is 14.8 Å².